The van der Waals surface area contributed by atoms with E-state index in [0.717, 1.165) is 96.3 Å². The van der Waals surface area contributed by atoms with E-state index in [1.165, 1.54) is 218 Å². The largest absolute Gasteiger partial charge is 0.462 e. The number of hydrogen-bond acceptors (Lipinski definition) is 6. The third-order valence-electron chi connectivity index (χ3n) is 15.0. The SMILES string of the molecule is CC/C=C\C/C=C\C/C=C\C/C=C\C/C=C\CCCCCCCCCC(=O)OC(COC(=O)CCCCCCCCCCC)COC(=O)CCCCCCCCCCCCCCCCCCCCCCCCCCCCC. The number of carbonyl (C=O) groups excluding carboxylic acids is 3. The molecular formula is C71H128O6. The highest BCUT2D eigenvalue weighted by atomic mass is 16.6. The Bertz CT molecular complexity index is 1380. The van der Waals surface area contributed by atoms with Crippen molar-refractivity contribution in [2.24, 2.45) is 0 Å². The Hall–Kier alpha value is -2.89. The zero-order valence-corrected chi connectivity index (χ0v) is 51.5. The molecule has 0 aromatic heterocycles. The van der Waals surface area contributed by atoms with Gasteiger partial charge in [-0.25, -0.2) is 0 Å². The minimum Gasteiger partial charge on any atom is -0.462 e. The highest BCUT2D eigenvalue weighted by Gasteiger charge is 2.19. The Morgan fingerprint density at radius 1 is 0.273 bits per heavy atom. The van der Waals surface area contributed by atoms with E-state index in [9.17, 15) is 14.4 Å². The van der Waals surface area contributed by atoms with Crippen molar-refractivity contribution in [2.75, 3.05) is 13.2 Å². The predicted octanol–water partition coefficient (Wildman–Crippen LogP) is 23.1. The first-order chi connectivity index (χ1) is 38.0. The van der Waals surface area contributed by atoms with E-state index in [1.54, 1.807) is 0 Å². The number of ether oxygens (including phenoxy) is 3. The normalized spacial score (nSPS) is 12.4. The van der Waals surface area contributed by atoms with Crippen LogP contribution in [0.1, 0.15) is 355 Å². The lowest BCUT2D eigenvalue weighted by atomic mass is 10.0. The maximum atomic E-state index is 12.9. The van der Waals surface area contributed by atoms with Crippen LogP contribution in [0.15, 0.2) is 60.8 Å². The summed E-state index contributed by atoms with van der Waals surface area (Å²) >= 11 is 0. The average Bonchev–Trinajstić information content (AvgIpc) is 3.43. The second-order valence-electron chi connectivity index (χ2n) is 22.7. The van der Waals surface area contributed by atoms with Crippen LogP contribution < -0.4 is 0 Å². The number of carbonyl (C=O) groups is 3. The molecule has 0 aliphatic heterocycles. The van der Waals surface area contributed by atoms with E-state index < -0.39 is 6.10 Å². The molecule has 1 atom stereocenters. The van der Waals surface area contributed by atoms with Gasteiger partial charge < -0.3 is 14.2 Å². The summed E-state index contributed by atoms with van der Waals surface area (Å²) in [4.78, 5) is 38.2. The second kappa shape index (κ2) is 65.6. The molecule has 0 fully saturated rings. The van der Waals surface area contributed by atoms with Gasteiger partial charge in [-0.2, -0.15) is 0 Å². The van der Waals surface area contributed by atoms with Crippen molar-refractivity contribution in [3.63, 3.8) is 0 Å². The molecular weight excluding hydrogens is 949 g/mol. The van der Waals surface area contributed by atoms with E-state index in [0.29, 0.717) is 19.3 Å². The fourth-order valence-corrected chi connectivity index (χ4v) is 10.0. The summed E-state index contributed by atoms with van der Waals surface area (Å²) in [7, 11) is 0. The first-order valence-electron chi connectivity index (χ1n) is 33.8. The Morgan fingerprint density at radius 2 is 0.506 bits per heavy atom. The average molecular weight is 1080 g/mol. The molecule has 0 saturated heterocycles. The number of esters is 3. The zero-order chi connectivity index (χ0) is 55.7. The molecule has 0 amide bonds. The molecule has 6 heteroatoms. The van der Waals surface area contributed by atoms with Gasteiger partial charge in [0.25, 0.3) is 0 Å². The van der Waals surface area contributed by atoms with E-state index in [-0.39, 0.29) is 31.1 Å². The van der Waals surface area contributed by atoms with Gasteiger partial charge in [0.15, 0.2) is 6.10 Å². The molecule has 0 heterocycles. The van der Waals surface area contributed by atoms with Crippen LogP contribution in [-0.2, 0) is 28.6 Å². The van der Waals surface area contributed by atoms with Crippen molar-refractivity contribution in [3.8, 4) is 0 Å². The summed E-state index contributed by atoms with van der Waals surface area (Å²) in [6.45, 7) is 6.55. The van der Waals surface area contributed by atoms with Gasteiger partial charge in [-0.15, -0.1) is 0 Å². The van der Waals surface area contributed by atoms with Crippen LogP contribution in [0.25, 0.3) is 0 Å². The van der Waals surface area contributed by atoms with Crippen molar-refractivity contribution in [1.82, 2.24) is 0 Å². The molecule has 0 aromatic carbocycles. The summed E-state index contributed by atoms with van der Waals surface area (Å²) in [5.41, 5.74) is 0. The van der Waals surface area contributed by atoms with Crippen LogP contribution >= 0.6 is 0 Å². The van der Waals surface area contributed by atoms with E-state index in [1.807, 2.05) is 0 Å². The number of hydrogen-bond donors (Lipinski definition) is 0. The molecule has 6 nitrogen and oxygen atoms in total. The van der Waals surface area contributed by atoms with Crippen LogP contribution in [0, 0.1) is 0 Å². The van der Waals surface area contributed by atoms with Gasteiger partial charge in [0.1, 0.15) is 13.2 Å². The topological polar surface area (TPSA) is 78.9 Å². The van der Waals surface area contributed by atoms with Gasteiger partial charge in [0.2, 0.25) is 0 Å². The van der Waals surface area contributed by atoms with Crippen molar-refractivity contribution in [2.45, 2.75) is 361 Å². The first-order valence-corrected chi connectivity index (χ1v) is 33.8. The molecule has 77 heavy (non-hydrogen) atoms. The van der Waals surface area contributed by atoms with Crippen LogP contribution in [0.5, 0.6) is 0 Å². The molecule has 0 spiro atoms. The lowest BCUT2D eigenvalue weighted by Crippen LogP contribution is -2.30. The van der Waals surface area contributed by atoms with Gasteiger partial charge in [0, 0.05) is 19.3 Å². The van der Waals surface area contributed by atoms with E-state index in [4.69, 9.17) is 14.2 Å². The van der Waals surface area contributed by atoms with Gasteiger partial charge in [-0.05, 0) is 64.2 Å². The number of allylic oxidation sites excluding steroid dienone is 10. The molecule has 448 valence electrons. The molecule has 0 rings (SSSR count). The predicted molar refractivity (Wildman–Crippen MR) is 335 cm³/mol. The van der Waals surface area contributed by atoms with E-state index in [2.05, 4.69) is 81.5 Å². The Balaban J connectivity index is 4.16. The maximum Gasteiger partial charge on any atom is 0.306 e. The van der Waals surface area contributed by atoms with Crippen LogP contribution in [0.4, 0.5) is 0 Å². The smallest absolute Gasteiger partial charge is 0.306 e. The lowest BCUT2D eigenvalue weighted by Gasteiger charge is -2.18. The van der Waals surface area contributed by atoms with Crippen molar-refractivity contribution in [3.05, 3.63) is 60.8 Å². The molecule has 0 bridgehead atoms. The second-order valence-corrected chi connectivity index (χ2v) is 22.7. The highest BCUT2D eigenvalue weighted by molar-refractivity contribution is 5.71. The monoisotopic (exact) mass is 1080 g/mol. The van der Waals surface area contributed by atoms with Gasteiger partial charge in [-0.3, -0.25) is 14.4 Å². The van der Waals surface area contributed by atoms with Gasteiger partial charge >= 0.3 is 17.9 Å². The summed E-state index contributed by atoms with van der Waals surface area (Å²) in [5, 5.41) is 0. The van der Waals surface area contributed by atoms with Crippen LogP contribution in [0.2, 0.25) is 0 Å². The molecule has 0 radical (unpaired) electrons. The van der Waals surface area contributed by atoms with Gasteiger partial charge in [0.05, 0.1) is 0 Å². The minimum absolute atomic E-state index is 0.0744. The van der Waals surface area contributed by atoms with Crippen molar-refractivity contribution >= 4 is 17.9 Å². The molecule has 0 aliphatic rings. The molecule has 1 unspecified atom stereocenters. The highest BCUT2D eigenvalue weighted by Crippen LogP contribution is 2.18. The minimum atomic E-state index is -0.778. The Kier molecular flexibility index (Phi) is 63.2. The summed E-state index contributed by atoms with van der Waals surface area (Å²) in [6, 6.07) is 0. The fraction of sp³-hybridized carbons (Fsp3) is 0.817. The number of rotatable bonds is 62. The molecule has 0 N–H and O–H groups in total. The van der Waals surface area contributed by atoms with Crippen molar-refractivity contribution < 1.29 is 28.6 Å². The zero-order valence-electron chi connectivity index (χ0n) is 51.5. The molecule has 0 saturated carbocycles. The van der Waals surface area contributed by atoms with Crippen molar-refractivity contribution in [1.29, 1.82) is 0 Å². The third-order valence-corrected chi connectivity index (χ3v) is 15.0. The lowest BCUT2D eigenvalue weighted by molar-refractivity contribution is -0.167. The molecule has 0 aliphatic carbocycles. The van der Waals surface area contributed by atoms with Crippen LogP contribution in [-0.4, -0.2) is 37.2 Å². The Labute approximate surface area is 479 Å². The summed E-state index contributed by atoms with van der Waals surface area (Å²) in [6.07, 6.45) is 84.0. The summed E-state index contributed by atoms with van der Waals surface area (Å²) < 4.78 is 16.9. The fourth-order valence-electron chi connectivity index (χ4n) is 10.0. The quantitative estimate of drug-likeness (QED) is 0.0261. The number of unbranched alkanes of at least 4 members (excludes halogenated alkanes) is 41. The third kappa shape index (κ3) is 63.8. The maximum absolute atomic E-state index is 12.9. The molecule has 0 aromatic rings. The summed E-state index contributed by atoms with van der Waals surface area (Å²) in [5.74, 6) is -0.868. The van der Waals surface area contributed by atoms with E-state index >= 15 is 0 Å². The standard InChI is InChI=1S/C71H128O6/c1-4-7-10-13-16-19-21-23-25-27-29-31-33-34-35-36-38-39-41-43-45-47-49-52-55-58-61-64-70(73)76-67-68(66-75-69(72)63-60-57-54-51-18-15-12-9-6-3)77-71(74)65-62-59-56-53-50-48-46-44-42-40-37-32-30-28-26-24-22-20-17-14-11-8-5-2/h8,11,17,20,24,26,30,32,40,42,68H,4-7,9-10,12-16,18-19,21-23,25,27-29,31,33-39,41,43-67H2,1-3H3/b11-8-,20-17-,26-24-,32-30-,42-40-. The van der Waals surface area contributed by atoms with Gasteiger partial charge in [-0.1, -0.05) is 332 Å². The first kappa shape index (κ1) is 74.1. The Morgan fingerprint density at radius 3 is 0.792 bits per heavy atom. The van der Waals surface area contributed by atoms with Crippen LogP contribution in [0.3, 0.4) is 0 Å².